The first kappa shape index (κ1) is 15.1. The smallest absolute Gasteiger partial charge is 0.376 e. The molecule has 9 nitrogen and oxygen atoms in total. The van der Waals surface area contributed by atoms with Gasteiger partial charge in [-0.05, 0) is 19.3 Å². The molecule has 9 heteroatoms. The first-order valence-corrected chi connectivity index (χ1v) is 8.03. The third-order valence-corrected chi connectivity index (χ3v) is 4.32. The number of carbonyl (C=O) groups excluding carboxylic acids is 1. The van der Waals surface area contributed by atoms with Crippen molar-refractivity contribution >= 4 is 22.8 Å². The Hall–Kier alpha value is -2.42. The summed E-state index contributed by atoms with van der Waals surface area (Å²) >= 11 is 0. The fourth-order valence-electron chi connectivity index (χ4n) is 3.05. The minimum atomic E-state index is -0.578. The Morgan fingerprint density at radius 1 is 1.29 bits per heavy atom. The lowest BCUT2D eigenvalue weighted by Gasteiger charge is -2.23. The molecule has 0 spiro atoms. The molecule has 0 aliphatic carbocycles. The van der Waals surface area contributed by atoms with Crippen LogP contribution < -0.4 is 9.64 Å². The number of hydrogen-bond acceptors (Lipinski definition) is 8. The molecule has 0 N–H and O–H groups in total. The minimum absolute atomic E-state index is 0.0114. The number of ether oxygens (including phenoxy) is 3. The molecule has 0 saturated carbocycles. The molecule has 1 atom stereocenters. The van der Waals surface area contributed by atoms with Crippen LogP contribution in [0, 0.1) is 0 Å². The van der Waals surface area contributed by atoms with Crippen LogP contribution in [-0.2, 0) is 9.47 Å². The van der Waals surface area contributed by atoms with E-state index in [0.29, 0.717) is 42.5 Å². The Morgan fingerprint density at radius 2 is 2.17 bits per heavy atom. The monoisotopic (exact) mass is 333 g/mol. The summed E-state index contributed by atoms with van der Waals surface area (Å²) in [7, 11) is 3.21. The van der Waals surface area contributed by atoms with Crippen LogP contribution in [-0.4, -0.2) is 59.6 Å². The van der Waals surface area contributed by atoms with Crippen molar-refractivity contribution in [3.63, 3.8) is 0 Å². The van der Waals surface area contributed by atoms with Crippen molar-refractivity contribution < 1.29 is 19.0 Å². The van der Waals surface area contributed by atoms with E-state index in [9.17, 15) is 4.79 Å². The van der Waals surface area contributed by atoms with Gasteiger partial charge in [-0.2, -0.15) is 0 Å². The molecule has 2 aromatic heterocycles. The van der Waals surface area contributed by atoms with Gasteiger partial charge in [0.25, 0.3) is 0 Å². The third-order valence-electron chi connectivity index (χ3n) is 4.32. The minimum Gasteiger partial charge on any atom is -0.474 e. The van der Waals surface area contributed by atoms with Crippen molar-refractivity contribution in [3.8, 4) is 5.88 Å². The largest absolute Gasteiger partial charge is 0.474 e. The second-order valence-corrected chi connectivity index (χ2v) is 5.90. The fraction of sp³-hybridized carbons (Fsp3) is 0.600. The van der Waals surface area contributed by atoms with E-state index >= 15 is 0 Å². The summed E-state index contributed by atoms with van der Waals surface area (Å²) in [6.45, 7) is 1.81. The second-order valence-electron chi connectivity index (χ2n) is 5.90. The SMILES string of the molecule is COC(=O)c1nc2c3c(nn(C4CCCCO4)c3n1)OCCN2C. The number of anilines is 1. The summed E-state index contributed by atoms with van der Waals surface area (Å²) in [6.07, 6.45) is 2.73. The summed E-state index contributed by atoms with van der Waals surface area (Å²) in [6, 6.07) is 0. The van der Waals surface area contributed by atoms with Crippen LogP contribution in [0.2, 0.25) is 0 Å². The molecule has 0 aromatic carbocycles. The number of rotatable bonds is 2. The topological polar surface area (TPSA) is 91.6 Å². The second kappa shape index (κ2) is 5.90. The molecule has 1 unspecified atom stereocenters. The first-order valence-electron chi connectivity index (χ1n) is 8.03. The van der Waals surface area contributed by atoms with Gasteiger partial charge in [-0.3, -0.25) is 0 Å². The molecule has 0 bridgehead atoms. The summed E-state index contributed by atoms with van der Waals surface area (Å²) in [5.74, 6) is 0.535. The van der Waals surface area contributed by atoms with Gasteiger partial charge in [0.2, 0.25) is 11.7 Å². The zero-order valence-electron chi connectivity index (χ0n) is 13.7. The predicted molar refractivity (Wildman–Crippen MR) is 84.3 cm³/mol. The Labute approximate surface area is 138 Å². The van der Waals surface area contributed by atoms with E-state index in [4.69, 9.17) is 14.2 Å². The van der Waals surface area contributed by atoms with E-state index in [1.807, 2.05) is 11.9 Å². The molecule has 4 heterocycles. The number of nitrogens with zero attached hydrogens (tertiary/aromatic N) is 5. The maximum absolute atomic E-state index is 12.0. The molecule has 2 aliphatic rings. The van der Waals surface area contributed by atoms with Gasteiger partial charge in [-0.1, -0.05) is 0 Å². The summed E-state index contributed by atoms with van der Waals surface area (Å²) in [5, 5.41) is 5.26. The van der Waals surface area contributed by atoms with Gasteiger partial charge in [0.15, 0.2) is 11.9 Å². The van der Waals surface area contributed by atoms with Crippen LogP contribution in [0.4, 0.5) is 5.82 Å². The highest BCUT2D eigenvalue weighted by Crippen LogP contribution is 2.36. The average Bonchev–Trinajstić information content (AvgIpc) is 2.91. The molecular weight excluding hydrogens is 314 g/mol. The van der Waals surface area contributed by atoms with E-state index < -0.39 is 5.97 Å². The van der Waals surface area contributed by atoms with E-state index in [1.54, 1.807) is 4.68 Å². The quantitative estimate of drug-likeness (QED) is 0.756. The van der Waals surface area contributed by atoms with E-state index in [-0.39, 0.29) is 12.1 Å². The van der Waals surface area contributed by atoms with Crippen LogP contribution in [0.3, 0.4) is 0 Å². The molecule has 2 aromatic rings. The molecule has 1 saturated heterocycles. The molecule has 0 amide bonds. The molecule has 1 fully saturated rings. The molecule has 2 aliphatic heterocycles. The normalized spacial score (nSPS) is 20.6. The lowest BCUT2D eigenvalue weighted by atomic mass is 10.2. The fourth-order valence-corrected chi connectivity index (χ4v) is 3.05. The maximum atomic E-state index is 12.0. The number of likely N-dealkylation sites (N-methyl/N-ethyl adjacent to an activating group) is 1. The Kier molecular flexibility index (Phi) is 3.72. The van der Waals surface area contributed by atoms with Crippen LogP contribution in [0.5, 0.6) is 5.88 Å². The summed E-state index contributed by atoms with van der Waals surface area (Å²) in [4.78, 5) is 22.7. The van der Waals surface area contributed by atoms with E-state index in [0.717, 1.165) is 19.3 Å². The van der Waals surface area contributed by atoms with Crippen LogP contribution in [0.1, 0.15) is 36.1 Å². The van der Waals surface area contributed by atoms with Gasteiger partial charge >= 0.3 is 5.97 Å². The zero-order chi connectivity index (χ0) is 16.7. The Bertz CT molecular complexity index is 784. The molecule has 0 radical (unpaired) electrons. The molecule has 24 heavy (non-hydrogen) atoms. The molecular formula is C15H19N5O4. The van der Waals surface area contributed by atoms with Gasteiger partial charge in [0.1, 0.15) is 17.8 Å². The number of hydrogen-bond donors (Lipinski definition) is 0. The van der Waals surface area contributed by atoms with Crippen molar-refractivity contribution in [1.82, 2.24) is 19.7 Å². The predicted octanol–water partition coefficient (Wildman–Crippen LogP) is 1.14. The molecule has 128 valence electrons. The number of carbonyl (C=O) groups is 1. The lowest BCUT2D eigenvalue weighted by molar-refractivity contribution is -0.0376. The van der Waals surface area contributed by atoms with Gasteiger partial charge in [-0.15, -0.1) is 5.10 Å². The summed E-state index contributed by atoms with van der Waals surface area (Å²) < 4.78 is 18.1. The van der Waals surface area contributed by atoms with Crippen molar-refractivity contribution in [2.45, 2.75) is 25.5 Å². The lowest BCUT2D eigenvalue weighted by Crippen LogP contribution is -2.25. The molecule has 4 rings (SSSR count). The van der Waals surface area contributed by atoms with Crippen LogP contribution >= 0.6 is 0 Å². The number of esters is 1. The highest BCUT2D eigenvalue weighted by molar-refractivity contribution is 5.96. The van der Waals surface area contributed by atoms with Crippen molar-refractivity contribution in [3.05, 3.63) is 5.82 Å². The van der Waals surface area contributed by atoms with Crippen molar-refractivity contribution in [2.24, 2.45) is 0 Å². The first-order chi connectivity index (χ1) is 11.7. The zero-order valence-corrected chi connectivity index (χ0v) is 13.7. The van der Waals surface area contributed by atoms with E-state index in [2.05, 4.69) is 15.1 Å². The Morgan fingerprint density at radius 3 is 2.92 bits per heavy atom. The third kappa shape index (κ3) is 2.35. The van der Waals surface area contributed by atoms with Crippen molar-refractivity contribution in [2.75, 3.05) is 38.8 Å². The summed E-state index contributed by atoms with van der Waals surface area (Å²) in [5.41, 5.74) is 0.538. The maximum Gasteiger partial charge on any atom is 0.376 e. The van der Waals surface area contributed by atoms with E-state index in [1.165, 1.54) is 7.11 Å². The van der Waals surface area contributed by atoms with Gasteiger partial charge in [0, 0.05) is 13.7 Å². The number of methoxy groups -OCH3 is 1. The highest BCUT2D eigenvalue weighted by atomic mass is 16.5. The van der Waals surface area contributed by atoms with Crippen LogP contribution in [0.25, 0.3) is 11.0 Å². The average molecular weight is 333 g/mol. The van der Waals surface area contributed by atoms with Crippen LogP contribution in [0.15, 0.2) is 0 Å². The van der Waals surface area contributed by atoms with Gasteiger partial charge < -0.3 is 19.1 Å². The highest BCUT2D eigenvalue weighted by Gasteiger charge is 2.29. The van der Waals surface area contributed by atoms with Crippen molar-refractivity contribution in [1.29, 1.82) is 0 Å². The standard InChI is InChI=1S/C15H19N5O4/c1-19-6-8-24-14-10-12(19)16-11(15(21)22-2)17-13(10)20(18-14)9-5-3-4-7-23-9/h9H,3-8H2,1-2H3. The van der Waals surface area contributed by atoms with Gasteiger partial charge in [-0.25, -0.2) is 19.4 Å². The Balaban J connectivity index is 1.94. The van der Waals surface area contributed by atoms with Gasteiger partial charge in [0.05, 0.1) is 13.7 Å². The number of aromatic nitrogens is 4.